The van der Waals surface area contributed by atoms with Gasteiger partial charge in [-0.05, 0) is 25.0 Å². The van der Waals surface area contributed by atoms with Gasteiger partial charge in [0.2, 0.25) is 0 Å². The first kappa shape index (κ1) is 18.3. The highest BCUT2D eigenvalue weighted by Crippen LogP contribution is 2.35. The van der Waals surface area contributed by atoms with E-state index in [1.54, 1.807) is 18.2 Å². The van der Waals surface area contributed by atoms with Crippen LogP contribution in [-0.2, 0) is 14.2 Å². The van der Waals surface area contributed by atoms with Gasteiger partial charge in [-0.15, -0.1) is 5.48 Å². The molecule has 0 unspecified atom stereocenters. The van der Waals surface area contributed by atoms with Gasteiger partial charge in [0.15, 0.2) is 0 Å². The number of unbranched alkanes of at least 4 members (excludes halogenated alkanes) is 1. The van der Waals surface area contributed by atoms with Crippen LogP contribution in [0.15, 0.2) is 30.3 Å². The van der Waals surface area contributed by atoms with Crippen molar-refractivity contribution < 1.29 is 33.9 Å². The molecule has 0 heterocycles. The fourth-order valence-electron chi connectivity index (χ4n) is 1.66. The monoisotopic (exact) mass is 331 g/mol. The normalized spacial score (nSPS) is 12.6. The van der Waals surface area contributed by atoms with E-state index in [4.69, 9.17) is 19.7 Å². The van der Waals surface area contributed by atoms with E-state index in [0.29, 0.717) is 0 Å². The number of hydrogen-bond donors (Lipinski definition) is 4. The van der Waals surface area contributed by atoms with Crippen LogP contribution < -0.4 is 5.48 Å². The minimum Gasteiger partial charge on any atom is -0.480 e. The molecule has 0 aliphatic rings. The Bertz CT molecular complexity index is 543. The Hall–Kier alpha value is -1.73. The summed E-state index contributed by atoms with van der Waals surface area (Å²) in [6, 6.07) is 6.94. The van der Waals surface area contributed by atoms with Gasteiger partial charge in [0.25, 0.3) is 0 Å². The van der Waals surface area contributed by atoms with Crippen LogP contribution in [0.3, 0.4) is 0 Å². The Labute approximate surface area is 127 Å². The quantitative estimate of drug-likeness (QED) is 0.301. The molecule has 0 saturated heterocycles. The summed E-state index contributed by atoms with van der Waals surface area (Å²) in [5, 5.41) is 9.01. The van der Waals surface area contributed by atoms with Crippen molar-refractivity contribution >= 4 is 19.5 Å². The van der Waals surface area contributed by atoms with E-state index in [-0.39, 0.29) is 31.0 Å². The maximum Gasteiger partial charge on any atom is 0.356 e. The smallest absolute Gasteiger partial charge is 0.356 e. The summed E-state index contributed by atoms with van der Waals surface area (Å²) in [6.45, 7) is 0. The van der Waals surface area contributed by atoms with Crippen molar-refractivity contribution in [2.45, 2.75) is 25.3 Å². The van der Waals surface area contributed by atoms with Gasteiger partial charge < -0.3 is 19.7 Å². The van der Waals surface area contributed by atoms with Gasteiger partial charge in [0.05, 0.1) is 5.56 Å². The first-order valence-corrected chi connectivity index (χ1v) is 8.38. The second-order valence-corrected chi connectivity index (χ2v) is 6.42. The number of hydrogen-bond acceptors (Lipinski definition) is 5. The number of carboxylic acid groups (broad SMARTS) is 1. The van der Waals surface area contributed by atoms with Gasteiger partial charge in [-0.1, -0.05) is 24.6 Å². The second-order valence-electron chi connectivity index (χ2n) is 4.65. The largest absolute Gasteiger partial charge is 0.480 e. The van der Waals surface area contributed by atoms with Crippen molar-refractivity contribution in [3.63, 3.8) is 0 Å². The van der Waals surface area contributed by atoms with Crippen LogP contribution in [0.1, 0.15) is 29.6 Å². The van der Waals surface area contributed by atoms with Crippen LogP contribution in [0.25, 0.3) is 0 Å². The van der Waals surface area contributed by atoms with Crippen molar-refractivity contribution in [3.05, 3.63) is 35.9 Å². The molecule has 0 bridgehead atoms. The van der Waals surface area contributed by atoms with Gasteiger partial charge in [-0.25, -0.2) is 4.79 Å². The molecule has 0 radical (unpaired) electrons. The maximum atomic E-state index is 11.7. The highest BCUT2D eigenvalue weighted by Gasteiger charge is 2.20. The molecule has 0 fully saturated rings. The molecule has 0 aromatic heterocycles. The fraction of sp³-hybridized carbons (Fsp3) is 0.385. The third-order valence-corrected chi connectivity index (χ3v) is 3.69. The van der Waals surface area contributed by atoms with E-state index < -0.39 is 25.6 Å². The van der Waals surface area contributed by atoms with Crippen molar-refractivity contribution in [2.24, 2.45) is 0 Å². The van der Waals surface area contributed by atoms with Crippen molar-refractivity contribution in [3.8, 4) is 0 Å². The molecule has 9 heteroatoms. The average Bonchev–Trinajstić information content (AvgIpc) is 2.45. The number of benzene rings is 1. The molecule has 0 saturated carbocycles. The van der Waals surface area contributed by atoms with E-state index in [0.717, 1.165) is 0 Å². The zero-order valence-electron chi connectivity index (χ0n) is 11.7. The third-order valence-electron chi connectivity index (χ3n) is 2.79. The molecule has 0 amide bonds. The molecule has 1 aromatic carbocycles. The van der Waals surface area contributed by atoms with Crippen molar-refractivity contribution in [1.29, 1.82) is 0 Å². The lowest BCUT2D eigenvalue weighted by molar-refractivity contribution is -0.142. The zero-order chi connectivity index (χ0) is 16.6. The molecule has 22 heavy (non-hydrogen) atoms. The highest BCUT2D eigenvalue weighted by molar-refractivity contribution is 7.51. The van der Waals surface area contributed by atoms with E-state index in [1.165, 1.54) is 12.1 Å². The predicted octanol–water partition coefficient (Wildman–Crippen LogP) is 1.15. The summed E-state index contributed by atoms with van der Waals surface area (Å²) in [5.41, 5.74) is 2.45. The average molecular weight is 331 g/mol. The molecule has 0 spiro atoms. The molecular formula is C13H18NO7P. The minimum absolute atomic E-state index is 0.0808. The zero-order valence-corrected chi connectivity index (χ0v) is 12.6. The number of nitrogens with one attached hydrogen (secondary N) is 1. The SMILES string of the molecule is O=C(ON[C@@H](CCCCP(=O)(O)O)C(=O)O)c1ccccc1. The van der Waals surface area contributed by atoms with E-state index in [2.05, 4.69) is 5.48 Å². The molecule has 122 valence electrons. The number of carboxylic acids is 1. The molecule has 1 rings (SSSR count). The van der Waals surface area contributed by atoms with Gasteiger partial charge >= 0.3 is 19.5 Å². The number of carbonyl (C=O) groups excluding carboxylic acids is 1. The minimum atomic E-state index is -4.07. The summed E-state index contributed by atoms with van der Waals surface area (Å²) < 4.78 is 10.7. The van der Waals surface area contributed by atoms with Gasteiger partial charge in [-0.3, -0.25) is 9.36 Å². The standard InChI is InChI=1S/C13H18NO7P/c15-12(16)11(8-4-5-9-22(18,19)20)14-21-13(17)10-6-2-1-3-7-10/h1-3,6-7,11,14H,4-5,8-9H2,(H,15,16)(H2,18,19,20)/t11-/m0/s1. The van der Waals surface area contributed by atoms with Crippen LogP contribution in [0.2, 0.25) is 0 Å². The van der Waals surface area contributed by atoms with Gasteiger partial charge in [0, 0.05) is 6.16 Å². The molecule has 4 N–H and O–H groups in total. The molecule has 0 aliphatic heterocycles. The third kappa shape index (κ3) is 7.33. The summed E-state index contributed by atoms with van der Waals surface area (Å²) in [4.78, 5) is 44.8. The Morgan fingerprint density at radius 1 is 1.18 bits per heavy atom. The van der Waals surface area contributed by atoms with Crippen LogP contribution in [0.5, 0.6) is 0 Å². The lowest BCUT2D eigenvalue weighted by Gasteiger charge is -2.14. The molecule has 1 aromatic rings. The van der Waals surface area contributed by atoms with Gasteiger partial charge in [-0.2, -0.15) is 0 Å². The second kappa shape index (κ2) is 8.65. The maximum absolute atomic E-state index is 11.7. The molecule has 0 aliphatic carbocycles. The number of aliphatic carboxylic acids is 1. The van der Waals surface area contributed by atoms with Crippen LogP contribution in [0.4, 0.5) is 0 Å². The number of carbonyl (C=O) groups is 2. The first-order chi connectivity index (χ1) is 10.3. The van der Waals surface area contributed by atoms with Crippen LogP contribution in [-0.4, -0.2) is 39.0 Å². The number of rotatable bonds is 9. The summed E-state index contributed by atoms with van der Waals surface area (Å²) in [7, 11) is -4.07. The lowest BCUT2D eigenvalue weighted by Crippen LogP contribution is -2.38. The molecule has 1 atom stereocenters. The lowest BCUT2D eigenvalue weighted by atomic mass is 10.1. The van der Waals surface area contributed by atoms with Gasteiger partial charge in [0.1, 0.15) is 6.04 Å². The fourth-order valence-corrected chi connectivity index (χ4v) is 2.29. The topological polar surface area (TPSA) is 133 Å². The van der Waals surface area contributed by atoms with Crippen molar-refractivity contribution in [1.82, 2.24) is 5.48 Å². The summed E-state index contributed by atoms with van der Waals surface area (Å²) in [6.07, 6.45) is 0.237. The summed E-state index contributed by atoms with van der Waals surface area (Å²) >= 11 is 0. The Morgan fingerprint density at radius 2 is 1.82 bits per heavy atom. The highest BCUT2D eigenvalue weighted by atomic mass is 31.2. The first-order valence-electron chi connectivity index (χ1n) is 6.59. The Kier molecular flexibility index (Phi) is 7.20. The number of hydroxylamine groups is 1. The Balaban J connectivity index is 2.40. The van der Waals surface area contributed by atoms with E-state index >= 15 is 0 Å². The van der Waals surface area contributed by atoms with E-state index in [1.807, 2.05) is 0 Å². The molecule has 8 nitrogen and oxygen atoms in total. The summed E-state index contributed by atoms with van der Waals surface area (Å²) in [5.74, 6) is -1.92. The van der Waals surface area contributed by atoms with Crippen LogP contribution >= 0.6 is 7.60 Å². The molecular weight excluding hydrogens is 313 g/mol. The predicted molar refractivity (Wildman–Crippen MR) is 77.2 cm³/mol. The van der Waals surface area contributed by atoms with Crippen molar-refractivity contribution in [2.75, 3.05) is 6.16 Å². The van der Waals surface area contributed by atoms with E-state index in [9.17, 15) is 14.2 Å². The van der Waals surface area contributed by atoms with Crippen LogP contribution in [0, 0.1) is 0 Å². The Morgan fingerprint density at radius 3 is 2.36 bits per heavy atom.